The standard InChI is InChI=1S/C30H26BrFN6O5S/c31-17-3-1-16(2-4-17)11-20-27(33)34-30(35-28(20)41)44-15-25(39)37-9-7-36(8-10-37)24-13-23-19(12-22(24)32)26(40)21(29(42)43)14-38(23)18-5-6-18/h1-4,11-14,18H,5-10,15H2,(H,42,43)(H2,33,34,35,41)/b20-11+. The van der Waals surface area contributed by atoms with Crippen LogP contribution < -0.4 is 16.1 Å². The number of aromatic nitrogens is 1. The van der Waals surface area contributed by atoms with Crippen molar-refractivity contribution in [1.82, 2.24) is 9.47 Å². The van der Waals surface area contributed by atoms with Gasteiger partial charge in [0.05, 0.1) is 22.5 Å². The number of aliphatic imine (C=N–C) groups is 2. The van der Waals surface area contributed by atoms with E-state index in [-0.39, 0.29) is 45.2 Å². The molecule has 0 radical (unpaired) electrons. The van der Waals surface area contributed by atoms with Crippen LogP contribution in [0.3, 0.4) is 0 Å². The molecular weight excluding hydrogens is 655 g/mol. The number of nitrogens with zero attached hydrogens (tertiary/aromatic N) is 5. The van der Waals surface area contributed by atoms with Gasteiger partial charge in [0.1, 0.15) is 17.2 Å². The van der Waals surface area contributed by atoms with Gasteiger partial charge < -0.3 is 25.2 Å². The van der Waals surface area contributed by atoms with Gasteiger partial charge in [-0.25, -0.2) is 14.2 Å². The molecule has 1 aromatic heterocycles. The van der Waals surface area contributed by atoms with E-state index in [1.54, 1.807) is 21.6 Å². The molecule has 2 aliphatic heterocycles. The number of amides is 2. The number of aromatic carboxylic acids is 1. The predicted octanol–water partition coefficient (Wildman–Crippen LogP) is 3.66. The highest BCUT2D eigenvalue weighted by atomic mass is 79.9. The zero-order valence-electron chi connectivity index (χ0n) is 23.2. The number of amidine groups is 2. The molecule has 226 valence electrons. The normalized spacial score (nSPS) is 18.0. The van der Waals surface area contributed by atoms with Crippen molar-refractivity contribution >= 4 is 79.1 Å². The smallest absolute Gasteiger partial charge is 0.341 e. The Hall–Kier alpha value is -4.30. The Morgan fingerprint density at radius 3 is 2.43 bits per heavy atom. The van der Waals surface area contributed by atoms with Gasteiger partial charge in [-0.15, -0.1) is 0 Å². The van der Waals surface area contributed by atoms with Crippen molar-refractivity contribution in [2.45, 2.75) is 18.9 Å². The topological polar surface area (TPSA) is 151 Å². The number of piperazine rings is 1. The zero-order chi connectivity index (χ0) is 31.1. The molecule has 44 heavy (non-hydrogen) atoms. The number of carboxylic acid groups (broad SMARTS) is 1. The quantitative estimate of drug-likeness (QED) is 0.375. The number of fused-ring (bicyclic) bond motifs is 1. The minimum atomic E-state index is -1.34. The van der Waals surface area contributed by atoms with Gasteiger partial charge in [-0.2, -0.15) is 4.99 Å². The van der Waals surface area contributed by atoms with Crippen LogP contribution in [0.15, 0.2) is 67.4 Å². The number of anilines is 1. The van der Waals surface area contributed by atoms with Crippen LogP contribution in [0.4, 0.5) is 10.1 Å². The molecule has 2 amide bonds. The number of carboxylic acids is 1. The summed E-state index contributed by atoms with van der Waals surface area (Å²) in [6.45, 7) is 1.38. The highest BCUT2D eigenvalue weighted by Crippen LogP contribution is 2.38. The number of rotatable bonds is 6. The molecule has 0 bridgehead atoms. The zero-order valence-corrected chi connectivity index (χ0v) is 25.6. The lowest BCUT2D eigenvalue weighted by Crippen LogP contribution is -2.49. The molecule has 3 aliphatic rings. The Morgan fingerprint density at radius 2 is 1.80 bits per heavy atom. The van der Waals surface area contributed by atoms with Gasteiger partial charge in [-0.05, 0) is 48.7 Å². The molecule has 0 spiro atoms. The van der Waals surface area contributed by atoms with E-state index < -0.39 is 23.1 Å². The summed E-state index contributed by atoms with van der Waals surface area (Å²) >= 11 is 4.39. The maximum atomic E-state index is 15.3. The Balaban J connectivity index is 1.10. The molecule has 1 saturated heterocycles. The number of hydrogen-bond donors (Lipinski definition) is 2. The highest BCUT2D eigenvalue weighted by molar-refractivity contribution is 9.10. The third-order valence-corrected chi connectivity index (χ3v) is 9.03. The molecule has 0 atom stereocenters. The number of nitrogens with two attached hydrogens (primary N) is 1. The highest BCUT2D eigenvalue weighted by Gasteiger charge is 2.29. The molecule has 1 saturated carbocycles. The summed E-state index contributed by atoms with van der Waals surface area (Å²) in [6, 6.07) is 10.1. The fraction of sp³-hybridized carbons (Fsp3) is 0.267. The first-order valence-electron chi connectivity index (χ1n) is 13.8. The third-order valence-electron chi connectivity index (χ3n) is 7.67. The largest absolute Gasteiger partial charge is 0.477 e. The summed E-state index contributed by atoms with van der Waals surface area (Å²) in [7, 11) is 0. The fourth-order valence-corrected chi connectivity index (χ4v) is 6.20. The van der Waals surface area contributed by atoms with Crippen LogP contribution in [-0.4, -0.2) is 75.3 Å². The van der Waals surface area contributed by atoms with Crippen molar-refractivity contribution in [3.63, 3.8) is 0 Å². The minimum Gasteiger partial charge on any atom is -0.477 e. The van der Waals surface area contributed by atoms with E-state index in [1.807, 2.05) is 29.2 Å². The molecule has 2 fully saturated rings. The first-order chi connectivity index (χ1) is 21.1. The van der Waals surface area contributed by atoms with Crippen molar-refractivity contribution in [3.8, 4) is 0 Å². The first-order valence-corrected chi connectivity index (χ1v) is 15.6. The summed E-state index contributed by atoms with van der Waals surface area (Å²) in [5, 5.41) is 9.61. The molecule has 0 unspecified atom stereocenters. The number of carbonyl (C=O) groups excluding carboxylic acids is 2. The molecule has 11 nitrogen and oxygen atoms in total. The average molecular weight is 682 g/mol. The molecule has 3 N–H and O–H groups in total. The van der Waals surface area contributed by atoms with Crippen LogP contribution in [0, 0.1) is 5.82 Å². The van der Waals surface area contributed by atoms with Gasteiger partial charge in [0.15, 0.2) is 5.17 Å². The van der Waals surface area contributed by atoms with Crippen molar-refractivity contribution in [3.05, 3.63) is 79.8 Å². The SMILES string of the molecule is NC1=NC(SCC(=O)N2CCN(c3cc4c(cc3F)c(=O)c(C(=O)O)cn4C3CC3)CC2)=NC(=O)/C1=C/c1ccc(Br)cc1. The van der Waals surface area contributed by atoms with Crippen LogP contribution in [-0.2, 0) is 9.59 Å². The number of pyridine rings is 1. The van der Waals surface area contributed by atoms with E-state index >= 15 is 4.39 Å². The average Bonchev–Trinajstić information content (AvgIpc) is 3.84. The fourth-order valence-electron chi connectivity index (χ4n) is 5.19. The van der Waals surface area contributed by atoms with Crippen LogP contribution in [0.5, 0.6) is 0 Å². The van der Waals surface area contributed by atoms with Crippen LogP contribution in [0.2, 0.25) is 0 Å². The monoisotopic (exact) mass is 680 g/mol. The van der Waals surface area contributed by atoms with E-state index in [1.165, 1.54) is 6.20 Å². The first kappa shape index (κ1) is 29.8. The second-order valence-electron chi connectivity index (χ2n) is 10.6. The summed E-state index contributed by atoms with van der Waals surface area (Å²) in [4.78, 5) is 61.6. The second-order valence-corrected chi connectivity index (χ2v) is 12.5. The van der Waals surface area contributed by atoms with Gasteiger partial charge in [-0.3, -0.25) is 14.4 Å². The maximum absolute atomic E-state index is 15.3. The predicted molar refractivity (Wildman–Crippen MR) is 171 cm³/mol. The lowest BCUT2D eigenvalue weighted by Gasteiger charge is -2.36. The molecule has 2 aromatic carbocycles. The van der Waals surface area contributed by atoms with Crippen LogP contribution in [0.25, 0.3) is 17.0 Å². The van der Waals surface area contributed by atoms with Crippen molar-refractivity contribution < 1.29 is 23.9 Å². The summed E-state index contributed by atoms with van der Waals surface area (Å²) in [6.07, 6.45) is 4.66. The van der Waals surface area contributed by atoms with Gasteiger partial charge >= 0.3 is 5.97 Å². The lowest BCUT2D eigenvalue weighted by molar-refractivity contribution is -0.128. The molecule has 1 aliphatic carbocycles. The molecule has 3 aromatic rings. The van der Waals surface area contributed by atoms with Gasteiger partial charge in [0, 0.05) is 48.3 Å². The lowest BCUT2D eigenvalue weighted by atomic mass is 10.1. The van der Waals surface area contributed by atoms with E-state index in [9.17, 15) is 24.3 Å². The number of halogens is 2. The Bertz CT molecular complexity index is 1860. The summed E-state index contributed by atoms with van der Waals surface area (Å²) in [5.74, 6) is -2.66. The molecular formula is C30H26BrFN6O5S. The molecule has 3 heterocycles. The van der Waals surface area contributed by atoms with Gasteiger partial charge in [-0.1, -0.05) is 39.8 Å². The van der Waals surface area contributed by atoms with Gasteiger partial charge in [0.2, 0.25) is 11.3 Å². The Kier molecular flexibility index (Phi) is 8.12. The minimum absolute atomic E-state index is 0.00142. The third kappa shape index (κ3) is 6.04. The molecule has 6 rings (SSSR count). The van der Waals surface area contributed by atoms with Crippen molar-refractivity contribution in [1.29, 1.82) is 0 Å². The molecule has 14 heteroatoms. The summed E-state index contributed by atoms with van der Waals surface area (Å²) in [5.41, 5.74) is 6.68. The van der Waals surface area contributed by atoms with Gasteiger partial charge in [0.25, 0.3) is 5.91 Å². The number of benzene rings is 2. The van der Waals surface area contributed by atoms with Crippen LogP contribution in [0.1, 0.15) is 34.8 Å². The van der Waals surface area contributed by atoms with Crippen LogP contribution >= 0.6 is 27.7 Å². The maximum Gasteiger partial charge on any atom is 0.341 e. The summed E-state index contributed by atoms with van der Waals surface area (Å²) < 4.78 is 17.9. The second kappa shape index (κ2) is 12.0. The van der Waals surface area contributed by atoms with Crippen molar-refractivity contribution in [2.75, 3.05) is 36.8 Å². The number of thioether (sulfide) groups is 1. The number of carbonyl (C=O) groups is 3. The van der Waals surface area contributed by atoms with E-state index in [4.69, 9.17) is 5.73 Å². The van der Waals surface area contributed by atoms with Crippen molar-refractivity contribution in [2.24, 2.45) is 15.7 Å². The Labute approximate surface area is 263 Å². The van der Waals surface area contributed by atoms with E-state index in [0.29, 0.717) is 37.4 Å². The Morgan fingerprint density at radius 1 is 1.09 bits per heavy atom. The van der Waals surface area contributed by atoms with E-state index in [0.717, 1.165) is 40.7 Å². The number of hydrogen-bond acceptors (Lipinski definition) is 8. The van der Waals surface area contributed by atoms with E-state index in [2.05, 4.69) is 25.9 Å².